The van der Waals surface area contributed by atoms with Gasteiger partial charge in [-0.25, -0.2) is 4.98 Å². The number of hydrogen-bond acceptors (Lipinski definition) is 4. The Morgan fingerprint density at radius 3 is 2.42 bits per heavy atom. The maximum atomic E-state index is 5.52. The second kappa shape index (κ2) is 7.22. The molecule has 5 heteroatoms. The van der Waals surface area contributed by atoms with E-state index >= 15 is 0 Å². The van der Waals surface area contributed by atoms with E-state index in [1.165, 1.54) is 16.7 Å². The molecule has 2 aromatic carbocycles. The molecule has 134 valence electrons. The van der Waals surface area contributed by atoms with Crippen molar-refractivity contribution in [3.05, 3.63) is 76.9 Å². The number of ether oxygens (including phenoxy) is 2. The molecule has 0 saturated heterocycles. The maximum absolute atomic E-state index is 5.52. The monoisotopic (exact) mass is 349 g/mol. The highest BCUT2D eigenvalue weighted by molar-refractivity contribution is 5.44. The third-order valence-electron chi connectivity index (χ3n) is 4.52. The van der Waals surface area contributed by atoms with Gasteiger partial charge < -0.3 is 14.5 Å². The molecule has 0 amide bonds. The van der Waals surface area contributed by atoms with Crippen molar-refractivity contribution >= 4 is 0 Å². The van der Waals surface area contributed by atoms with Gasteiger partial charge in [-0.2, -0.15) is 0 Å². The van der Waals surface area contributed by atoms with Crippen LogP contribution < -0.4 is 9.47 Å². The molecule has 3 aromatic rings. The van der Waals surface area contributed by atoms with Crippen LogP contribution >= 0.6 is 0 Å². The van der Waals surface area contributed by atoms with E-state index in [9.17, 15) is 0 Å². The van der Waals surface area contributed by atoms with Gasteiger partial charge in [-0.05, 0) is 37.1 Å². The molecule has 1 aliphatic heterocycles. The SMILES string of the molecule is Cc1ccc(CN(Cc2ccc3c(c2)OCO3)Cc2cnc(C)[nH]2)cc1. The summed E-state index contributed by atoms with van der Waals surface area (Å²) >= 11 is 0. The number of fused-ring (bicyclic) bond motifs is 1. The van der Waals surface area contributed by atoms with Crippen LogP contribution in [0.5, 0.6) is 11.5 Å². The first-order valence-corrected chi connectivity index (χ1v) is 8.82. The zero-order chi connectivity index (χ0) is 17.9. The van der Waals surface area contributed by atoms with Crippen molar-refractivity contribution in [2.45, 2.75) is 33.5 Å². The van der Waals surface area contributed by atoms with E-state index in [-0.39, 0.29) is 0 Å². The number of H-pyrrole nitrogens is 1. The fourth-order valence-corrected chi connectivity index (χ4v) is 3.21. The summed E-state index contributed by atoms with van der Waals surface area (Å²) in [5, 5.41) is 0. The van der Waals surface area contributed by atoms with E-state index in [0.717, 1.165) is 42.7 Å². The smallest absolute Gasteiger partial charge is 0.231 e. The van der Waals surface area contributed by atoms with Gasteiger partial charge in [0.25, 0.3) is 0 Å². The van der Waals surface area contributed by atoms with Gasteiger partial charge in [-0.1, -0.05) is 35.9 Å². The Labute approximate surface area is 153 Å². The summed E-state index contributed by atoms with van der Waals surface area (Å²) < 4.78 is 10.9. The van der Waals surface area contributed by atoms with Crippen molar-refractivity contribution in [3.63, 3.8) is 0 Å². The zero-order valence-electron chi connectivity index (χ0n) is 15.2. The van der Waals surface area contributed by atoms with Crippen LogP contribution in [-0.2, 0) is 19.6 Å². The summed E-state index contributed by atoms with van der Waals surface area (Å²) in [4.78, 5) is 10.1. The largest absolute Gasteiger partial charge is 0.454 e. The predicted octanol–water partition coefficient (Wildman–Crippen LogP) is 3.96. The van der Waals surface area contributed by atoms with Crippen molar-refractivity contribution < 1.29 is 9.47 Å². The Hall–Kier alpha value is -2.79. The summed E-state index contributed by atoms with van der Waals surface area (Å²) in [6.45, 7) is 6.89. The van der Waals surface area contributed by atoms with Gasteiger partial charge in [-0.15, -0.1) is 0 Å². The molecular weight excluding hydrogens is 326 g/mol. The third kappa shape index (κ3) is 3.89. The Bertz CT molecular complexity index is 887. The average Bonchev–Trinajstić information content (AvgIpc) is 3.25. The van der Waals surface area contributed by atoms with Crippen LogP contribution in [0, 0.1) is 13.8 Å². The van der Waals surface area contributed by atoms with Crippen LogP contribution in [0.15, 0.2) is 48.7 Å². The van der Waals surface area contributed by atoms with Gasteiger partial charge in [-0.3, -0.25) is 4.90 Å². The quantitative estimate of drug-likeness (QED) is 0.732. The molecule has 4 rings (SSSR count). The summed E-state index contributed by atoms with van der Waals surface area (Å²) in [7, 11) is 0. The number of benzene rings is 2. The van der Waals surface area contributed by atoms with Crippen LogP contribution in [0.25, 0.3) is 0 Å². The summed E-state index contributed by atoms with van der Waals surface area (Å²) in [6.07, 6.45) is 1.91. The van der Waals surface area contributed by atoms with Gasteiger partial charge in [0.15, 0.2) is 11.5 Å². The first-order valence-electron chi connectivity index (χ1n) is 8.82. The summed E-state index contributed by atoms with van der Waals surface area (Å²) in [6, 6.07) is 14.9. The maximum Gasteiger partial charge on any atom is 0.231 e. The van der Waals surface area contributed by atoms with Gasteiger partial charge in [0.05, 0.1) is 0 Å². The van der Waals surface area contributed by atoms with E-state index in [1.54, 1.807) is 0 Å². The molecule has 0 atom stereocenters. The number of aromatic nitrogens is 2. The van der Waals surface area contributed by atoms with E-state index in [0.29, 0.717) is 6.79 Å². The molecule has 1 N–H and O–H groups in total. The van der Waals surface area contributed by atoms with Gasteiger partial charge >= 0.3 is 0 Å². The molecule has 0 fully saturated rings. The molecule has 0 saturated carbocycles. The zero-order valence-corrected chi connectivity index (χ0v) is 15.2. The van der Waals surface area contributed by atoms with Crippen LogP contribution in [-0.4, -0.2) is 21.7 Å². The fourth-order valence-electron chi connectivity index (χ4n) is 3.21. The second-order valence-corrected chi connectivity index (χ2v) is 6.81. The fraction of sp³-hybridized carbons (Fsp3) is 0.286. The van der Waals surface area contributed by atoms with Crippen molar-refractivity contribution in [1.82, 2.24) is 14.9 Å². The van der Waals surface area contributed by atoms with Gasteiger partial charge in [0, 0.05) is 31.5 Å². The highest BCUT2D eigenvalue weighted by Gasteiger charge is 2.15. The first-order chi connectivity index (χ1) is 12.7. The minimum atomic E-state index is 0.305. The van der Waals surface area contributed by atoms with E-state index in [4.69, 9.17) is 9.47 Å². The van der Waals surface area contributed by atoms with E-state index in [2.05, 4.69) is 58.2 Å². The predicted molar refractivity (Wildman–Crippen MR) is 100 cm³/mol. The highest BCUT2D eigenvalue weighted by Crippen LogP contribution is 2.33. The lowest BCUT2D eigenvalue weighted by atomic mass is 10.1. The molecule has 0 unspecified atom stereocenters. The number of nitrogens with zero attached hydrogens (tertiary/aromatic N) is 2. The minimum absolute atomic E-state index is 0.305. The molecule has 0 bridgehead atoms. The lowest BCUT2D eigenvalue weighted by Crippen LogP contribution is -2.22. The average molecular weight is 349 g/mol. The molecule has 0 radical (unpaired) electrons. The molecule has 5 nitrogen and oxygen atoms in total. The first kappa shape index (κ1) is 16.7. The number of hydrogen-bond donors (Lipinski definition) is 1. The highest BCUT2D eigenvalue weighted by atomic mass is 16.7. The third-order valence-corrected chi connectivity index (χ3v) is 4.52. The lowest BCUT2D eigenvalue weighted by molar-refractivity contribution is 0.174. The normalized spacial score (nSPS) is 12.7. The Kier molecular flexibility index (Phi) is 4.63. The Morgan fingerprint density at radius 1 is 0.923 bits per heavy atom. The molecule has 1 aliphatic rings. The number of imidazole rings is 1. The van der Waals surface area contributed by atoms with Crippen LogP contribution in [0.4, 0.5) is 0 Å². The van der Waals surface area contributed by atoms with Crippen LogP contribution in [0.3, 0.4) is 0 Å². The Balaban J connectivity index is 1.53. The minimum Gasteiger partial charge on any atom is -0.454 e. The molecule has 26 heavy (non-hydrogen) atoms. The number of nitrogens with one attached hydrogen (secondary N) is 1. The second-order valence-electron chi connectivity index (χ2n) is 6.81. The van der Waals surface area contributed by atoms with Gasteiger partial charge in [0.2, 0.25) is 6.79 Å². The Morgan fingerprint density at radius 2 is 1.65 bits per heavy atom. The number of aromatic amines is 1. The van der Waals surface area contributed by atoms with Crippen molar-refractivity contribution in [1.29, 1.82) is 0 Å². The molecule has 0 spiro atoms. The van der Waals surface area contributed by atoms with Crippen molar-refractivity contribution in [2.24, 2.45) is 0 Å². The van der Waals surface area contributed by atoms with Crippen LogP contribution in [0.1, 0.15) is 28.2 Å². The topological polar surface area (TPSA) is 50.4 Å². The van der Waals surface area contributed by atoms with Crippen LogP contribution in [0.2, 0.25) is 0 Å². The van der Waals surface area contributed by atoms with E-state index in [1.807, 2.05) is 19.2 Å². The van der Waals surface area contributed by atoms with E-state index < -0.39 is 0 Å². The number of rotatable bonds is 6. The van der Waals surface area contributed by atoms with Gasteiger partial charge in [0.1, 0.15) is 5.82 Å². The standard InChI is InChI=1S/C21H23N3O2/c1-15-3-5-17(6-4-15)11-24(13-19-10-22-16(2)23-19)12-18-7-8-20-21(9-18)26-14-25-20/h3-10H,11-14H2,1-2H3,(H,22,23). The lowest BCUT2D eigenvalue weighted by Gasteiger charge is -2.22. The van der Waals surface area contributed by atoms with Crippen molar-refractivity contribution in [3.8, 4) is 11.5 Å². The molecule has 0 aliphatic carbocycles. The van der Waals surface area contributed by atoms with Crippen molar-refractivity contribution in [2.75, 3.05) is 6.79 Å². The summed E-state index contributed by atoms with van der Waals surface area (Å²) in [5.41, 5.74) is 4.90. The summed E-state index contributed by atoms with van der Waals surface area (Å²) in [5.74, 6) is 2.59. The molecular formula is C21H23N3O2. The molecule has 2 heterocycles. The number of aryl methyl sites for hydroxylation is 2. The molecule has 1 aromatic heterocycles.